The molecule has 7 heteroatoms. The quantitative estimate of drug-likeness (QED) is 0.271. The first kappa shape index (κ1) is 25.7. The molecule has 1 aliphatic heterocycles. The van der Waals surface area contributed by atoms with Crippen LogP contribution in [0.4, 0.5) is 0 Å². The summed E-state index contributed by atoms with van der Waals surface area (Å²) in [5, 5.41) is 7.13. The van der Waals surface area contributed by atoms with Gasteiger partial charge in [0.05, 0.1) is 25.5 Å². The molecule has 0 saturated carbocycles. The molecule has 0 bridgehead atoms. The number of halogens is 1. The minimum atomic E-state index is 0. The number of piperidine rings is 1. The second kappa shape index (κ2) is 14.5. The highest BCUT2D eigenvalue weighted by Crippen LogP contribution is 2.10. The van der Waals surface area contributed by atoms with E-state index in [0.29, 0.717) is 18.7 Å². The maximum Gasteiger partial charge on any atom is 0.191 e. The van der Waals surface area contributed by atoms with Gasteiger partial charge in [-0.1, -0.05) is 30.3 Å². The van der Waals surface area contributed by atoms with Crippen molar-refractivity contribution in [3.8, 4) is 0 Å². The van der Waals surface area contributed by atoms with Crippen molar-refractivity contribution in [2.75, 3.05) is 32.8 Å². The molecule has 1 fully saturated rings. The van der Waals surface area contributed by atoms with Crippen LogP contribution in [0.1, 0.15) is 38.0 Å². The van der Waals surface area contributed by atoms with Gasteiger partial charge in [0.25, 0.3) is 0 Å². The number of likely N-dealkylation sites (tertiary alicyclic amines) is 1. The maximum absolute atomic E-state index is 5.69. The Balaban J connectivity index is 0.00000341. The van der Waals surface area contributed by atoms with E-state index in [2.05, 4.69) is 53.6 Å². The van der Waals surface area contributed by atoms with Crippen molar-refractivity contribution in [2.45, 2.75) is 51.8 Å². The third kappa shape index (κ3) is 10.1. The summed E-state index contributed by atoms with van der Waals surface area (Å²) in [6.45, 7) is 9.66. The van der Waals surface area contributed by atoms with Crippen LogP contribution in [0.5, 0.6) is 0 Å². The first-order valence-corrected chi connectivity index (χ1v) is 11.1. The van der Waals surface area contributed by atoms with Crippen molar-refractivity contribution in [1.29, 1.82) is 0 Å². The van der Waals surface area contributed by atoms with E-state index in [1.807, 2.05) is 18.2 Å². The minimum Gasteiger partial charge on any atom is -0.469 e. The number of aliphatic imine (C=N–C) groups is 1. The zero-order valence-electron chi connectivity index (χ0n) is 18.8. The maximum atomic E-state index is 5.69. The second-order valence-corrected chi connectivity index (χ2v) is 8.09. The fourth-order valence-corrected chi connectivity index (χ4v) is 3.58. The predicted octanol–water partition coefficient (Wildman–Crippen LogP) is 4.06. The van der Waals surface area contributed by atoms with E-state index in [0.717, 1.165) is 63.8 Å². The molecule has 0 radical (unpaired) electrons. The molecular weight excluding hydrogens is 503 g/mol. The van der Waals surface area contributed by atoms with Crippen LogP contribution in [-0.2, 0) is 17.7 Å². The van der Waals surface area contributed by atoms with Crippen molar-refractivity contribution in [2.24, 2.45) is 4.99 Å². The third-order valence-corrected chi connectivity index (χ3v) is 5.29. The summed E-state index contributed by atoms with van der Waals surface area (Å²) >= 11 is 0. The molecule has 31 heavy (non-hydrogen) atoms. The fraction of sp³-hybridized carbons (Fsp3) is 0.542. The molecule has 1 aromatic heterocycles. The second-order valence-electron chi connectivity index (χ2n) is 8.09. The van der Waals surface area contributed by atoms with Gasteiger partial charge < -0.3 is 24.7 Å². The molecular formula is C24H37IN4O2. The Bertz CT molecular complexity index is 729. The average Bonchev–Trinajstić information content (AvgIpc) is 3.27. The molecule has 0 amide bonds. The lowest BCUT2D eigenvalue weighted by Crippen LogP contribution is -2.49. The number of hydrogen-bond donors (Lipinski definition) is 2. The zero-order valence-corrected chi connectivity index (χ0v) is 21.1. The standard InChI is InChI=1S/C24H36N4O2.HI/c1-20(2)29-18-16-28-14-11-22(12-15-28)27-24(25-13-10-23-9-6-17-30-23)26-19-21-7-4-3-5-8-21;/h3-9,17,20,22H,10-16,18-19H2,1-2H3,(H2,25,26,27);1H. The van der Waals surface area contributed by atoms with Crippen LogP contribution in [0.2, 0.25) is 0 Å². The van der Waals surface area contributed by atoms with Crippen LogP contribution >= 0.6 is 24.0 Å². The molecule has 6 nitrogen and oxygen atoms in total. The highest BCUT2D eigenvalue weighted by Gasteiger charge is 2.20. The van der Waals surface area contributed by atoms with Gasteiger partial charge in [-0.05, 0) is 44.4 Å². The Labute approximate surface area is 203 Å². The van der Waals surface area contributed by atoms with E-state index in [4.69, 9.17) is 14.1 Å². The molecule has 1 saturated heterocycles. The van der Waals surface area contributed by atoms with E-state index >= 15 is 0 Å². The number of benzene rings is 1. The van der Waals surface area contributed by atoms with E-state index < -0.39 is 0 Å². The molecule has 2 heterocycles. The molecule has 0 aliphatic carbocycles. The monoisotopic (exact) mass is 540 g/mol. The molecule has 0 unspecified atom stereocenters. The van der Waals surface area contributed by atoms with E-state index in [-0.39, 0.29) is 24.0 Å². The first-order valence-electron chi connectivity index (χ1n) is 11.1. The predicted molar refractivity (Wildman–Crippen MR) is 137 cm³/mol. The Morgan fingerprint density at radius 2 is 1.94 bits per heavy atom. The van der Waals surface area contributed by atoms with Crippen molar-refractivity contribution < 1.29 is 9.15 Å². The van der Waals surface area contributed by atoms with Crippen LogP contribution in [0.25, 0.3) is 0 Å². The van der Waals surface area contributed by atoms with Crippen molar-refractivity contribution in [1.82, 2.24) is 15.5 Å². The lowest BCUT2D eigenvalue weighted by molar-refractivity contribution is 0.0532. The van der Waals surface area contributed by atoms with Gasteiger partial charge in [0, 0.05) is 38.6 Å². The molecule has 1 aliphatic rings. The van der Waals surface area contributed by atoms with Crippen LogP contribution in [0, 0.1) is 0 Å². The lowest BCUT2D eigenvalue weighted by Gasteiger charge is -2.33. The number of ether oxygens (including phenoxy) is 1. The van der Waals surface area contributed by atoms with E-state index in [1.165, 1.54) is 5.56 Å². The van der Waals surface area contributed by atoms with Gasteiger partial charge in [0.2, 0.25) is 0 Å². The van der Waals surface area contributed by atoms with Crippen LogP contribution < -0.4 is 10.6 Å². The third-order valence-electron chi connectivity index (χ3n) is 5.29. The Morgan fingerprint density at radius 1 is 1.16 bits per heavy atom. The molecule has 2 aromatic rings. The number of rotatable bonds is 10. The SMILES string of the molecule is CC(C)OCCN1CCC(NC(=NCc2ccccc2)NCCc2ccco2)CC1.I. The fourth-order valence-electron chi connectivity index (χ4n) is 3.58. The number of guanidine groups is 1. The van der Waals surface area contributed by atoms with Gasteiger partial charge in [-0.3, -0.25) is 0 Å². The van der Waals surface area contributed by atoms with Crippen LogP contribution in [-0.4, -0.2) is 55.8 Å². The summed E-state index contributed by atoms with van der Waals surface area (Å²) < 4.78 is 11.1. The highest BCUT2D eigenvalue weighted by atomic mass is 127. The van der Waals surface area contributed by atoms with Crippen molar-refractivity contribution in [3.63, 3.8) is 0 Å². The molecule has 2 N–H and O–H groups in total. The topological polar surface area (TPSA) is 62.0 Å². The van der Waals surface area contributed by atoms with Gasteiger partial charge in [0.1, 0.15) is 5.76 Å². The van der Waals surface area contributed by atoms with Crippen LogP contribution in [0.3, 0.4) is 0 Å². The average molecular weight is 540 g/mol. The van der Waals surface area contributed by atoms with Crippen LogP contribution in [0.15, 0.2) is 58.1 Å². The van der Waals surface area contributed by atoms with Crippen molar-refractivity contribution in [3.05, 3.63) is 60.1 Å². The summed E-state index contributed by atoms with van der Waals surface area (Å²) in [7, 11) is 0. The van der Waals surface area contributed by atoms with E-state index in [1.54, 1.807) is 6.26 Å². The van der Waals surface area contributed by atoms with Gasteiger partial charge in [-0.15, -0.1) is 24.0 Å². The number of nitrogens with one attached hydrogen (secondary N) is 2. The summed E-state index contributed by atoms with van der Waals surface area (Å²) in [6, 6.07) is 14.8. The van der Waals surface area contributed by atoms with Gasteiger partial charge >= 0.3 is 0 Å². The summed E-state index contributed by atoms with van der Waals surface area (Å²) in [5.74, 6) is 1.87. The highest BCUT2D eigenvalue weighted by molar-refractivity contribution is 14.0. The minimum absolute atomic E-state index is 0. The number of nitrogens with zero attached hydrogens (tertiary/aromatic N) is 2. The summed E-state index contributed by atoms with van der Waals surface area (Å²) in [6.07, 6.45) is 5.10. The molecule has 0 atom stereocenters. The van der Waals surface area contributed by atoms with Crippen molar-refractivity contribution >= 4 is 29.9 Å². The zero-order chi connectivity index (χ0) is 21.0. The molecule has 172 valence electrons. The van der Waals surface area contributed by atoms with Gasteiger partial charge in [-0.25, -0.2) is 4.99 Å². The summed E-state index contributed by atoms with van der Waals surface area (Å²) in [5.41, 5.74) is 1.21. The summed E-state index contributed by atoms with van der Waals surface area (Å²) in [4.78, 5) is 7.32. The number of furan rings is 1. The lowest BCUT2D eigenvalue weighted by atomic mass is 10.1. The smallest absolute Gasteiger partial charge is 0.191 e. The largest absolute Gasteiger partial charge is 0.469 e. The Kier molecular flexibility index (Phi) is 12.0. The normalized spacial score (nSPS) is 15.6. The molecule has 1 aromatic carbocycles. The van der Waals surface area contributed by atoms with E-state index in [9.17, 15) is 0 Å². The Hall–Kier alpha value is -1.58. The molecule has 0 spiro atoms. The molecule has 3 rings (SSSR count). The Morgan fingerprint density at radius 3 is 2.61 bits per heavy atom. The van der Waals surface area contributed by atoms with Gasteiger partial charge in [-0.2, -0.15) is 0 Å². The van der Waals surface area contributed by atoms with Gasteiger partial charge in [0.15, 0.2) is 5.96 Å². The number of hydrogen-bond acceptors (Lipinski definition) is 4. The first-order chi connectivity index (χ1) is 14.7.